The van der Waals surface area contributed by atoms with Crippen LogP contribution in [0.15, 0.2) is 51.8 Å². The fourth-order valence-corrected chi connectivity index (χ4v) is 3.25. The molecular weight excluding hydrogens is 373 g/mol. The van der Waals surface area contributed by atoms with Gasteiger partial charge in [-0.25, -0.2) is 8.42 Å². The second kappa shape index (κ2) is 5.71. The summed E-state index contributed by atoms with van der Waals surface area (Å²) in [6.07, 6.45) is 0. The molecule has 1 N–H and O–H groups in total. The molecular formula is C12H8BrCl2NO2S. The summed E-state index contributed by atoms with van der Waals surface area (Å²) >= 11 is 14.9. The normalized spacial score (nSPS) is 11.3. The molecule has 0 amide bonds. The summed E-state index contributed by atoms with van der Waals surface area (Å²) in [5, 5.41) is 0.867. The van der Waals surface area contributed by atoms with Crippen molar-refractivity contribution in [3.05, 3.63) is 57.0 Å². The molecule has 0 aliphatic rings. The highest BCUT2D eigenvalue weighted by Gasteiger charge is 2.14. The van der Waals surface area contributed by atoms with Crippen LogP contribution in [0.25, 0.3) is 0 Å². The van der Waals surface area contributed by atoms with Gasteiger partial charge in [0.15, 0.2) is 0 Å². The maximum absolute atomic E-state index is 12.1. The van der Waals surface area contributed by atoms with Gasteiger partial charge < -0.3 is 0 Å². The summed E-state index contributed by atoms with van der Waals surface area (Å²) in [5.74, 6) is 0. The van der Waals surface area contributed by atoms with Gasteiger partial charge in [-0.3, -0.25) is 4.72 Å². The van der Waals surface area contributed by atoms with E-state index in [1.165, 1.54) is 12.1 Å². The van der Waals surface area contributed by atoms with E-state index in [1.807, 2.05) is 0 Å². The minimum Gasteiger partial charge on any atom is -0.280 e. The van der Waals surface area contributed by atoms with Crippen LogP contribution in [-0.2, 0) is 10.0 Å². The average molecular weight is 381 g/mol. The summed E-state index contributed by atoms with van der Waals surface area (Å²) in [6.45, 7) is 0. The summed E-state index contributed by atoms with van der Waals surface area (Å²) in [6, 6.07) is 10.8. The van der Waals surface area contributed by atoms with E-state index in [0.717, 1.165) is 0 Å². The van der Waals surface area contributed by atoms with Gasteiger partial charge in [0.05, 0.1) is 15.6 Å². The van der Waals surface area contributed by atoms with Crippen molar-refractivity contribution >= 4 is 54.8 Å². The fourth-order valence-electron chi connectivity index (χ4n) is 1.41. The molecule has 0 bridgehead atoms. The average Bonchev–Trinajstić information content (AvgIpc) is 2.33. The van der Waals surface area contributed by atoms with Crippen LogP contribution < -0.4 is 4.72 Å². The Morgan fingerprint density at radius 3 is 2.42 bits per heavy atom. The third-order valence-electron chi connectivity index (χ3n) is 2.28. The Morgan fingerprint density at radius 1 is 1.05 bits per heavy atom. The van der Waals surface area contributed by atoms with Crippen molar-refractivity contribution in [3.63, 3.8) is 0 Å². The van der Waals surface area contributed by atoms with Gasteiger partial charge in [-0.2, -0.15) is 0 Å². The van der Waals surface area contributed by atoms with Crippen LogP contribution in [0.4, 0.5) is 5.69 Å². The lowest BCUT2D eigenvalue weighted by atomic mass is 10.3. The summed E-state index contributed by atoms with van der Waals surface area (Å²) in [7, 11) is -3.66. The second-order valence-electron chi connectivity index (χ2n) is 3.69. The smallest absolute Gasteiger partial charge is 0.261 e. The third-order valence-corrected chi connectivity index (χ3v) is 5.11. The second-order valence-corrected chi connectivity index (χ2v) is 7.07. The number of hydrogen-bond donors (Lipinski definition) is 1. The number of nitrogens with one attached hydrogen (secondary N) is 1. The Morgan fingerprint density at radius 2 is 1.79 bits per heavy atom. The van der Waals surface area contributed by atoms with Crippen molar-refractivity contribution in [1.29, 1.82) is 0 Å². The summed E-state index contributed by atoms with van der Waals surface area (Å²) in [4.78, 5) is 0.103. The lowest BCUT2D eigenvalue weighted by Crippen LogP contribution is -2.12. The number of sulfonamides is 1. The number of halogens is 3. The van der Waals surface area contributed by atoms with E-state index in [9.17, 15) is 8.42 Å². The maximum atomic E-state index is 12.1. The molecule has 2 aromatic rings. The standard InChI is InChI=1S/C12H8BrCl2NO2S/c13-11-7-9(4-5-12(11)15)16-19(17,18)10-3-1-2-8(14)6-10/h1-7,16H. The van der Waals surface area contributed by atoms with Gasteiger partial charge in [0.25, 0.3) is 10.0 Å². The Balaban J connectivity index is 2.33. The van der Waals surface area contributed by atoms with Crippen LogP contribution in [-0.4, -0.2) is 8.42 Å². The topological polar surface area (TPSA) is 46.2 Å². The first-order valence-corrected chi connectivity index (χ1v) is 8.15. The van der Waals surface area contributed by atoms with Gasteiger partial charge in [-0.15, -0.1) is 0 Å². The van der Waals surface area contributed by atoms with Gasteiger partial charge in [0, 0.05) is 9.50 Å². The number of anilines is 1. The lowest BCUT2D eigenvalue weighted by molar-refractivity contribution is 0.601. The highest BCUT2D eigenvalue weighted by Crippen LogP contribution is 2.27. The molecule has 0 heterocycles. The molecule has 2 aromatic carbocycles. The van der Waals surface area contributed by atoms with Crippen LogP contribution in [0.1, 0.15) is 0 Å². The molecule has 7 heteroatoms. The molecule has 0 saturated heterocycles. The number of hydrogen-bond acceptors (Lipinski definition) is 2. The SMILES string of the molecule is O=S(=O)(Nc1ccc(Cl)c(Br)c1)c1cccc(Cl)c1. The first kappa shape index (κ1) is 14.7. The molecule has 100 valence electrons. The minimum atomic E-state index is -3.66. The van der Waals surface area contributed by atoms with Crippen molar-refractivity contribution in [2.45, 2.75) is 4.90 Å². The van der Waals surface area contributed by atoms with Gasteiger partial charge >= 0.3 is 0 Å². The van der Waals surface area contributed by atoms with Crippen LogP contribution in [0.2, 0.25) is 10.0 Å². The van der Waals surface area contributed by atoms with E-state index in [4.69, 9.17) is 23.2 Å². The van der Waals surface area contributed by atoms with Gasteiger partial charge in [-0.05, 0) is 52.3 Å². The minimum absolute atomic E-state index is 0.103. The maximum Gasteiger partial charge on any atom is 0.261 e. The van der Waals surface area contributed by atoms with E-state index in [0.29, 0.717) is 20.2 Å². The zero-order chi connectivity index (χ0) is 14.0. The van der Waals surface area contributed by atoms with Gasteiger partial charge in [-0.1, -0.05) is 29.3 Å². The lowest BCUT2D eigenvalue weighted by Gasteiger charge is -2.09. The Labute approximate surface area is 129 Å². The monoisotopic (exact) mass is 379 g/mol. The molecule has 0 atom stereocenters. The van der Waals surface area contributed by atoms with E-state index in [2.05, 4.69) is 20.7 Å². The van der Waals surface area contributed by atoms with Crippen molar-refractivity contribution < 1.29 is 8.42 Å². The van der Waals surface area contributed by atoms with Crippen LogP contribution in [0.5, 0.6) is 0 Å². The third kappa shape index (κ3) is 3.63. The molecule has 0 unspecified atom stereocenters. The molecule has 19 heavy (non-hydrogen) atoms. The van der Waals surface area contributed by atoms with Crippen LogP contribution in [0.3, 0.4) is 0 Å². The Kier molecular flexibility index (Phi) is 4.40. The van der Waals surface area contributed by atoms with E-state index >= 15 is 0 Å². The summed E-state index contributed by atoms with van der Waals surface area (Å²) < 4.78 is 27.3. The first-order chi connectivity index (χ1) is 8.88. The van der Waals surface area contributed by atoms with Crippen LogP contribution >= 0.6 is 39.1 Å². The zero-order valence-corrected chi connectivity index (χ0v) is 13.3. The van der Waals surface area contributed by atoms with Gasteiger partial charge in [0.2, 0.25) is 0 Å². The van der Waals surface area contributed by atoms with Crippen molar-refractivity contribution in [2.24, 2.45) is 0 Å². The molecule has 0 aromatic heterocycles. The van der Waals surface area contributed by atoms with E-state index < -0.39 is 10.0 Å². The highest BCUT2D eigenvalue weighted by atomic mass is 79.9. The first-order valence-electron chi connectivity index (χ1n) is 5.12. The largest absolute Gasteiger partial charge is 0.280 e. The van der Waals surface area contributed by atoms with E-state index in [1.54, 1.807) is 30.3 Å². The molecule has 0 radical (unpaired) electrons. The Hall–Kier alpha value is -0.750. The van der Waals surface area contributed by atoms with Crippen molar-refractivity contribution in [2.75, 3.05) is 4.72 Å². The molecule has 0 aliphatic carbocycles. The Bertz CT molecular complexity index is 719. The molecule has 0 fully saturated rings. The molecule has 3 nitrogen and oxygen atoms in total. The molecule has 0 saturated carbocycles. The molecule has 0 spiro atoms. The zero-order valence-electron chi connectivity index (χ0n) is 9.40. The number of benzene rings is 2. The predicted molar refractivity (Wildman–Crippen MR) is 81.4 cm³/mol. The van der Waals surface area contributed by atoms with Crippen LogP contribution in [0, 0.1) is 0 Å². The van der Waals surface area contributed by atoms with Gasteiger partial charge in [0.1, 0.15) is 0 Å². The molecule has 2 rings (SSSR count). The predicted octanol–water partition coefficient (Wildman–Crippen LogP) is 4.56. The summed E-state index contributed by atoms with van der Waals surface area (Å²) in [5.41, 5.74) is 0.413. The van der Waals surface area contributed by atoms with Crippen molar-refractivity contribution in [1.82, 2.24) is 0 Å². The molecule has 0 aliphatic heterocycles. The number of rotatable bonds is 3. The fraction of sp³-hybridized carbons (Fsp3) is 0. The quantitative estimate of drug-likeness (QED) is 0.848. The highest BCUT2D eigenvalue weighted by molar-refractivity contribution is 9.10. The van der Waals surface area contributed by atoms with E-state index in [-0.39, 0.29) is 4.90 Å². The van der Waals surface area contributed by atoms with Crippen molar-refractivity contribution in [3.8, 4) is 0 Å².